The third-order valence-corrected chi connectivity index (χ3v) is 2.82. The summed E-state index contributed by atoms with van der Waals surface area (Å²) in [6.07, 6.45) is -0.704. The fraction of sp³-hybridized carbons (Fsp3) is 0.125. The predicted octanol–water partition coefficient (Wildman–Crippen LogP) is 2.46. The van der Waals surface area contributed by atoms with Crippen molar-refractivity contribution in [2.75, 3.05) is 0 Å². The number of primary amides is 1. The molecule has 0 radical (unpaired) electrons. The van der Waals surface area contributed by atoms with Gasteiger partial charge in [-0.15, -0.1) is 0 Å². The monoisotopic (exact) mass is 269 g/mol. The molecule has 0 aromatic heterocycles. The maximum absolute atomic E-state index is 12.0. The third kappa shape index (κ3) is 3.68. The first-order valence-corrected chi connectivity index (χ1v) is 6.26. The van der Waals surface area contributed by atoms with Gasteiger partial charge in [0.25, 0.3) is 0 Å². The van der Waals surface area contributed by atoms with Crippen molar-refractivity contribution in [2.45, 2.75) is 12.5 Å². The lowest BCUT2D eigenvalue weighted by atomic mass is 10.1. The molecule has 0 saturated heterocycles. The second kappa shape index (κ2) is 6.52. The fourth-order valence-electron chi connectivity index (χ4n) is 1.85. The summed E-state index contributed by atoms with van der Waals surface area (Å²) in [5, 5.41) is 0. The maximum Gasteiger partial charge on any atom is 0.338 e. The average Bonchev–Trinajstić information content (AvgIpc) is 2.48. The Bertz CT molecular complexity index is 581. The molecule has 0 bridgehead atoms. The molecule has 0 aliphatic heterocycles. The standard InChI is InChI=1S/C16H15NO3/c17-15(18)11-14(12-7-3-1-4-8-12)20-16(19)13-9-5-2-6-10-13/h1-10,14H,11H2,(H2,17,18). The van der Waals surface area contributed by atoms with Gasteiger partial charge in [0.2, 0.25) is 5.91 Å². The predicted molar refractivity (Wildman–Crippen MR) is 74.9 cm³/mol. The van der Waals surface area contributed by atoms with E-state index in [1.807, 2.05) is 24.3 Å². The van der Waals surface area contributed by atoms with Crippen molar-refractivity contribution in [2.24, 2.45) is 5.73 Å². The van der Waals surface area contributed by atoms with Crippen LogP contribution in [-0.2, 0) is 9.53 Å². The molecule has 20 heavy (non-hydrogen) atoms. The molecule has 102 valence electrons. The lowest BCUT2D eigenvalue weighted by Gasteiger charge is -2.17. The van der Waals surface area contributed by atoms with E-state index in [1.165, 1.54) is 0 Å². The van der Waals surface area contributed by atoms with Gasteiger partial charge in [-0.3, -0.25) is 4.79 Å². The third-order valence-electron chi connectivity index (χ3n) is 2.82. The first-order valence-electron chi connectivity index (χ1n) is 6.26. The second-order valence-electron chi connectivity index (χ2n) is 4.34. The molecule has 2 N–H and O–H groups in total. The Kier molecular flexibility index (Phi) is 4.50. The van der Waals surface area contributed by atoms with Crippen LogP contribution in [0.15, 0.2) is 60.7 Å². The van der Waals surface area contributed by atoms with Crippen molar-refractivity contribution in [1.29, 1.82) is 0 Å². The molecule has 1 atom stereocenters. The zero-order valence-electron chi connectivity index (χ0n) is 10.9. The summed E-state index contributed by atoms with van der Waals surface area (Å²) in [6.45, 7) is 0. The van der Waals surface area contributed by atoms with Crippen LogP contribution in [0, 0.1) is 0 Å². The molecule has 0 fully saturated rings. The fourth-order valence-corrected chi connectivity index (χ4v) is 1.85. The number of rotatable bonds is 5. The van der Waals surface area contributed by atoms with Crippen LogP contribution in [0.5, 0.6) is 0 Å². The molecule has 1 amide bonds. The number of ether oxygens (including phenoxy) is 1. The van der Waals surface area contributed by atoms with Gasteiger partial charge in [-0.2, -0.15) is 0 Å². The van der Waals surface area contributed by atoms with E-state index in [4.69, 9.17) is 10.5 Å². The smallest absolute Gasteiger partial charge is 0.338 e. The second-order valence-corrected chi connectivity index (χ2v) is 4.34. The van der Waals surface area contributed by atoms with Crippen molar-refractivity contribution >= 4 is 11.9 Å². The van der Waals surface area contributed by atoms with Gasteiger partial charge in [-0.1, -0.05) is 48.5 Å². The SMILES string of the molecule is NC(=O)CC(OC(=O)c1ccccc1)c1ccccc1. The number of carbonyl (C=O) groups is 2. The molecule has 0 spiro atoms. The number of benzene rings is 2. The van der Waals surface area contributed by atoms with E-state index in [0.717, 1.165) is 5.56 Å². The summed E-state index contributed by atoms with van der Waals surface area (Å²) in [5.74, 6) is -0.986. The minimum absolute atomic E-state index is 0.0391. The molecule has 0 saturated carbocycles. The zero-order valence-corrected chi connectivity index (χ0v) is 10.9. The van der Waals surface area contributed by atoms with Gasteiger partial charge < -0.3 is 10.5 Å². The summed E-state index contributed by atoms with van der Waals surface area (Å²) in [4.78, 5) is 23.2. The number of hydrogen-bond donors (Lipinski definition) is 1. The quantitative estimate of drug-likeness (QED) is 0.848. The molecule has 2 aromatic carbocycles. The molecule has 0 heterocycles. The number of carbonyl (C=O) groups excluding carboxylic acids is 2. The summed E-state index contributed by atoms with van der Waals surface area (Å²) < 4.78 is 5.39. The van der Waals surface area contributed by atoms with Crippen molar-refractivity contribution in [3.05, 3.63) is 71.8 Å². The van der Waals surface area contributed by atoms with Crippen LogP contribution < -0.4 is 5.73 Å². The van der Waals surface area contributed by atoms with Crippen LogP contribution in [0.2, 0.25) is 0 Å². The average molecular weight is 269 g/mol. The number of hydrogen-bond acceptors (Lipinski definition) is 3. The zero-order chi connectivity index (χ0) is 14.4. The van der Waals surface area contributed by atoms with Crippen LogP contribution in [0.4, 0.5) is 0 Å². The van der Waals surface area contributed by atoms with E-state index in [2.05, 4.69) is 0 Å². The van der Waals surface area contributed by atoms with E-state index in [-0.39, 0.29) is 6.42 Å². The van der Waals surface area contributed by atoms with Gasteiger partial charge in [0.05, 0.1) is 12.0 Å². The van der Waals surface area contributed by atoms with Crippen LogP contribution in [-0.4, -0.2) is 11.9 Å². The van der Waals surface area contributed by atoms with Crippen molar-refractivity contribution in [3.8, 4) is 0 Å². The Labute approximate surface area is 117 Å². The molecule has 4 heteroatoms. The van der Waals surface area contributed by atoms with E-state index in [9.17, 15) is 9.59 Å². The highest BCUT2D eigenvalue weighted by atomic mass is 16.5. The molecular weight excluding hydrogens is 254 g/mol. The largest absolute Gasteiger partial charge is 0.453 e. The summed E-state index contributed by atoms with van der Waals surface area (Å²) >= 11 is 0. The first-order chi connectivity index (χ1) is 9.66. The molecule has 2 rings (SSSR count). The van der Waals surface area contributed by atoms with E-state index in [0.29, 0.717) is 5.56 Å². The number of nitrogens with two attached hydrogens (primary N) is 1. The Morgan fingerprint density at radius 2 is 1.50 bits per heavy atom. The van der Waals surface area contributed by atoms with Gasteiger partial charge in [0, 0.05) is 0 Å². The molecular formula is C16H15NO3. The summed E-state index contributed by atoms with van der Waals surface area (Å²) in [7, 11) is 0. The van der Waals surface area contributed by atoms with Gasteiger partial charge in [0.15, 0.2) is 0 Å². The van der Waals surface area contributed by atoms with Crippen molar-refractivity contribution in [1.82, 2.24) is 0 Å². The lowest BCUT2D eigenvalue weighted by Crippen LogP contribution is -2.19. The van der Waals surface area contributed by atoms with E-state index >= 15 is 0 Å². The Morgan fingerprint density at radius 3 is 2.05 bits per heavy atom. The summed E-state index contributed by atoms with van der Waals surface area (Å²) in [6, 6.07) is 17.7. The molecule has 0 aliphatic rings. The molecule has 4 nitrogen and oxygen atoms in total. The van der Waals surface area contributed by atoms with Crippen molar-refractivity contribution < 1.29 is 14.3 Å². The number of esters is 1. The molecule has 1 unspecified atom stereocenters. The van der Waals surface area contributed by atoms with Crippen LogP contribution in [0.25, 0.3) is 0 Å². The molecule has 2 aromatic rings. The minimum Gasteiger partial charge on any atom is -0.453 e. The summed E-state index contributed by atoms with van der Waals surface area (Å²) in [5.41, 5.74) is 6.40. The highest BCUT2D eigenvalue weighted by molar-refractivity contribution is 5.89. The van der Waals surface area contributed by atoms with Gasteiger partial charge in [-0.05, 0) is 17.7 Å². The van der Waals surface area contributed by atoms with E-state index in [1.54, 1.807) is 36.4 Å². The normalized spacial score (nSPS) is 11.6. The number of amides is 1. The van der Waals surface area contributed by atoms with Crippen molar-refractivity contribution in [3.63, 3.8) is 0 Å². The first kappa shape index (κ1) is 13.8. The van der Waals surface area contributed by atoms with Crippen LogP contribution >= 0.6 is 0 Å². The van der Waals surface area contributed by atoms with E-state index < -0.39 is 18.0 Å². The van der Waals surface area contributed by atoms with Gasteiger partial charge in [0.1, 0.15) is 6.10 Å². The lowest BCUT2D eigenvalue weighted by molar-refractivity contribution is -0.120. The highest BCUT2D eigenvalue weighted by Crippen LogP contribution is 2.22. The van der Waals surface area contributed by atoms with Crippen LogP contribution in [0.3, 0.4) is 0 Å². The van der Waals surface area contributed by atoms with Gasteiger partial charge >= 0.3 is 5.97 Å². The highest BCUT2D eigenvalue weighted by Gasteiger charge is 2.19. The topological polar surface area (TPSA) is 69.4 Å². The van der Waals surface area contributed by atoms with Crippen LogP contribution in [0.1, 0.15) is 28.4 Å². The Balaban J connectivity index is 2.16. The van der Waals surface area contributed by atoms with Gasteiger partial charge in [-0.25, -0.2) is 4.79 Å². The maximum atomic E-state index is 12.0. The Hall–Kier alpha value is -2.62. The molecule has 0 aliphatic carbocycles. The Morgan fingerprint density at radius 1 is 0.950 bits per heavy atom. The minimum atomic E-state index is -0.665.